The number of rotatable bonds is 7. The molecule has 0 radical (unpaired) electrons. The van der Waals surface area contributed by atoms with Crippen molar-refractivity contribution in [2.75, 3.05) is 26.7 Å². The molecule has 26 heavy (non-hydrogen) atoms. The normalized spacial score (nSPS) is 19.2. The summed E-state index contributed by atoms with van der Waals surface area (Å²) in [6, 6.07) is 4.82. The zero-order valence-corrected chi connectivity index (χ0v) is 16.8. The summed E-state index contributed by atoms with van der Waals surface area (Å²) in [6.07, 6.45) is 2.15. The Morgan fingerprint density at radius 1 is 1.42 bits per heavy atom. The number of sulfonamides is 1. The molecule has 1 aromatic rings. The lowest BCUT2D eigenvalue weighted by Crippen LogP contribution is -2.32. The van der Waals surface area contributed by atoms with E-state index < -0.39 is 10.0 Å². The number of hydrogen-bond acceptors (Lipinski definition) is 6. The van der Waals surface area contributed by atoms with Gasteiger partial charge < -0.3 is 9.47 Å². The summed E-state index contributed by atoms with van der Waals surface area (Å²) in [7, 11) is -2.30. The Labute approximate surface area is 156 Å². The second kappa shape index (κ2) is 8.83. The summed E-state index contributed by atoms with van der Waals surface area (Å²) in [5, 5.41) is 5.27. The summed E-state index contributed by atoms with van der Waals surface area (Å²) in [5.41, 5.74) is 0.494. The minimum Gasteiger partial charge on any atom is -0.496 e. The van der Waals surface area contributed by atoms with Crippen LogP contribution >= 0.6 is 0 Å². The van der Waals surface area contributed by atoms with E-state index in [4.69, 9.17) is 14.6 Å². The molecule has 1 saturated heterocycles. The van der Waals surface area contributed by atoms with Crippen LogP contribution in [-0.4, -0.2) is 58.1 Å². The highest BCUT2D eigenvalue weighted by molar-refractivity contribution is 7.89. The summed E-state index contributed by atoms with van der Waals surface area (Å²) in [6.45, 7) is 8.62. The molecule has 2 rings (SSSR count). The first-order valence-corrected chi connectivity index (χ1v) is 10.5. The van der Waals surface area contributed by atoms with E-state index in [0.717, 1.165) is 19.5 Å². The number of hydrogen-bond donors (Lipinski definition) is 1. The SMILES string of the molecule is CCN1CCCC1C/N=C(\OC(C)C)c1cc(S(N)(=O)=O)ccc1OC. The third-order valence-corrected chi connectivity index (χ3v) is 5.34. The number of ether oxygens (including phenoxy) is 2. The second-order valence-corrected chi connectivity index (χ2v) is 8.21. The van der Waals surface area contributed by atoms with Crippen molar-refractivity contribution in [3.8, 4) is 5.75 Å². The van der Waals surface area contributed by atoms with Gasteiger partial charge >= 0.3 is 0 Å². The molecular formula is C18H29N3O4S. The summed E-state index contributed by atoms with van der Waals surface area (Å²) in [4.78, 5) is 7.08. The second-order valence-electron chi connectivity index (χ2n) is 6.64. The molecule has 1 heterocycles. The van der Waals surface area contributed by atoms with Gasteiger partial charge in [-0.2, -0.15) is 0 Å². The number of aliphatic imine (C=N–C) groups is 1. The number of nitrogens with two attached hydrogens (primary N) is 1. The summed E-state index contributed by atoms with van der Waals surface area (Å²) in [5.74, 6) is 0.876. The molecule has 0 spiro atoms. The number of benzene rings is 1. The van der Waals surface area contributed by atoms with Gasteiger partial charge in [0, 0.05) is 6.04 Å². The zero-order chi connectivity index (χ0) is 19.3. The lowest BCUT2D eigenvalue weighted by Gasteiger charge is -2.22. The Bertz CT molecular complexity index is 747. The third-order valence-electron chi connectivity index (χ3n) is 4.43. The topological polar surface area (TPSA) is 94.2 Å². The third kappa shape index (κ3) is 5.18. The van der Waals surface area contributed by atoms with E-state index in [-0.39, 0.29) is 11.0 Å². The van der Waals surface area contributed by atoms with Gasteiger partial charge in [-0.25, -0.2) is 18.5 Å². The van der Waals surface area contributed by atoms with Gasteiger partial charge in [0.25, 0.3) is 0 Å². The molecule has 146 valence electrons. The standard InChI is InChI=1S/C18H29N3O4S/c1-5-21-10-6-7-14(21)12-20-18(25-13(2)3)16-11-15(26(19,22)23)8-9-17(16)24-4/h8-9,11,13-14H,5-7,10,12H2,1-4H3,(H2,19,22,23)/b20-18-. The van der Waals surface area contributed by atoms with Crippen LogP contribution in [0.15, 0.2) is 28.1 Å². The van der Waals surface area contributed by atoms with Crippen LogP contribution in [0.1, 0.15) is 39.2 Å². The Kier molecular flexibility index (Phi) is 7.02. The number of methoxy groups -OCH3 is 1. The molecular weight excluding hydrogens is 354 g/mol. The molecule has 1 aliphatic heterocycles. The van der Waals surface area contributed by atoms with E-state index in [1.165, 1.54) is 25.7 Å². The van der Waals surface area contributed by atoms with Crippen molar-refractivity contribution in [3.05, 3.63) is 23.8 Å². The highest BCUT2D eigenvalue weighted by Gasteiger charge is 2.24. The van der Waals surface area contributed by atoms with Crippen LogP contribution in [0.25, 0.3) is 0 Å². The van der Waals surface area contributed by atoms with Crippen LogP contribution in [0.4, 0.5) is 0 Å². The molecule has 0 aromatic heterocycles. The molecule has 0 bridgehead atoms. The molecule has 1 atom stereocenters. The lowest BCUT2D eigenvalue weighted by atomic mass is 10.2. The van der Waals surface area contributed by atoms with Gasteiger partial charge in [0.15, 0.2) is 0 Å². The zero-order valence-electron chi connectivity index (χ0n) is 15.9. The quantitative estimate of drug-likeness (QED) is 0.574. The lowest BCUT2D eigenvalue weighted by molar-refractivity contribution is 0.224. The van der Waals surface area contributed by atoms with Gasteiger partial charge in [0.1, 0.15) is 5.75 Å². The molecule has 8 heteroatoms. The van der Waals surface area contributed by atoms with Gasteiger partial charge in [-0.1, -0.05) is 6.92 Å². The molecule has 0 amide bonds. The van der Waals surface area contributed by atoms with E-state index in [1.807, 2.05) is 13.8 Å². The first kappa shape index (κ1) is 20.7. The van der Waals surface area contributed by atoms with Crippen molar-refractivity contribution in [3.63, 3.8) is 0 Å². The van der Waals surface area contributed by atoms with Crippen LogP contribution < -0.4 is 9.88 Å². The molecule has 1 aromatic carbocycles. The Morgan fingerprint density at radius 2 is 2.15 bits per heavy atom. The number of nitrogens with zero attached hydrogens (tertiary/aromatic N) is 2. The van der Waals surface area contributed by atoms with E-state index in [1.54, 1.807) is 6.07 Å². The monoisotopic (exact) mass is 383 g/mol. The number of likely N-dealkylation sites (N-methyl/N-ethyl adjacent to an activating group) is 1. The van der Waals surface area contributed by atoms with Gasteiger partial charge in [0.2, 0.25) is 15.9 Å². The fraction of sp³-hybridized carbons (Fsp3) is 0.611. The molecule has 1 fully saturated rings. The minimum absolute atomic E-state index is 0.00408. The average molecular weight is 384 g/mol. The fourth-order valence-corrected chi connectivity index (χ4v) is 3.69. The minimum atomic E-state index is -3.83. The maximum Gasteiger partial charge on any atom is 0.238 e. The maximum absolute atomic E-state index is 11.7. The molecule has 1 unspecified atom stereocenters. The van der Waals surface area contributed by atoms with Crippen molar-refractivity contribution in [2.24, 2.45) is 10.1 Å². The van der Waals surface area contributed by atoms with Crippen LogP contribution in [0.3, 0.4) is 0 Å². The van der Waals surface area contributed by atoms with Crippen molar-refractivity contribution in [1.82, 2.24) is 4.90 Å². The maximum atomic E-state index is 11.7. The van der Waals surface area contributed by atoms with Gasteiger partial charge in [0.05, 0.1) is 30.2 Å². The molecule has 7 nitrogen and oxygen atoms in total. The highest BCUT2D eigenvalue weighted by Crippen LogP contribution is 2.25. The Morgan fingerprint density at radius 3 is 2.73 bits per heavy atom. The Hall–Kier alpha value is -1.64. The fourth-order valence-electron chi connectivity index (χ4n) is 3.15. The van der Waals surface area contributed by atoms with E-state index in [2.05, 4.69) is 16.8 Å². The van der Waals surface area contributed by atoms with Crippen LogP contribution in [-0.2, 0) is 14.8 Å². The van der Waals surface area contributed by atoms with Crippen molar-refractivity contribution in [1.29, 1.82) is 0 Å². The molecule has 2 N–H and O–H groups in total. The molecule has 0 aliphatic carbocycles. The van der Waals surface area contributed by atoms with E-state index >= 15 is 0 Å². The smallest absolute Gasteiger partial charge is 0.238 e. The van der Waals surface area contributed by atoms with Crippen LogP contribution in [0, 0.1) is 0 Å². The van der Waals surface area contributed by atoms with Crippen molar-refractivity contribution < 1.29 is 17.9 Å². The number of primary sulfonamides is 1. The summed E-state index contributed by atoms with van der Waals surface area (Å²) < 4.78 is 34.7. The van der Waals surface area contributed by atoms with Crippen LogP contribution in [0.2, 0.25) is 0 Å². The van der Waals surface area contributed by atoms with Gasteiger partial charge in [-0.15, -0.1) is 0 Å². The Balaban J connectivity index is 2.40. The first-order chi connectivity index (χ1) is 12.3. The number of likely N-dealkylation sites (tertiary alicyclic amines) is 1. The van der Waals surface area contributed by atoms with Gasteiger partial charge in [-0.05, 0) is 58.0 Å². The molecule has 1 aliphatic rings. The predicted molar refractivity (Wildman–Crippen MR) is 102 cm³/mol. The highest BCUT2D eigenvalue weighted by atomic mass is 32.2. The van der Waals surface area contributed by atoms with Crippen molar-refractivity contribution in [2.45, 2.75) is 50.7 Å². The van der Waals surface area contributed by atoms with E-state index in [0.29, 0.717) is 29.8 Å². The average Bonchev–Trinajstić information content (AvgIpc) is 3.04. The van der Waals surface area contributed by atoms with Gasteiger partial charge in [-0.3, -0.25) is 4.90 Å². The van der Waals surface area contributed by atoms with Crippen LogP contribution in [0.5, 0.6) is 5.75 Å². The summed E-state index contributed by atoms with van der Waals surface area (Å²) >= 11 is 0. The van der Waals surface area contributed by atoms with E-state index in [9.17, 15) is 8.42 Å². The molecule has 0 saturated carbocycles. The van der Waals surface area contributed by atoms with Crippen molar-refractivity contribution >= 4 is 15.9 Å². The predicted octanol–water partition coefficient (Wildman–Crippen LogP) is 2.00. The largest absolute Gasteiger partial charge is 0.496 e. The first-order valence-electron chi connectivity index (χ1n) is 8.92.